The van der Waals surface area contributed by atoms with Gasteiger partial charge in [0.05, 0.1) is 36.9 Å². The van der Waals surface area contributed by atoms with Crippen LogP contribution in [-0.4, -0.2) is 31.3 Å². The van der Waals surface area contributed by atoms with Crippen molar-refractivity contribution in [3.05, 3.63) is 27.8 Å². The van der Waals surface area contributed by atoms with Crippen molar-refractivity contribution in [3.63, 3.8) is 0 Å². The van der Waals surface area contributed by atoms with Crippen LogP contribution in [0.3, 0.4) is 0 Å². The van der Waals surface area contributed by atoms with Crippen molar-refractivity contribution in [2.45, 2.75) is 32.4 Å². The molecule has 0 fully saturated rings. The zero-order valence-corrected chi connectivity index (χ0v) is 16.8. The molecule has 136 valence electrons. The number of methoxy groups -OCH3 is 1. The Kier molecular flexibility index (Phi) is 9.15. The molecular weight excluding hydrogens is 397 g/mol. The second-order valence-corrected chi connectivity index (χ2v) is 14.2. The van der Waals surface area contributed by atoms with Gasteiger partial charge in [-0.2, -0.15) is 0 Å². The smallest absolute Gasteiger partial charge is 0.341 e. The maximum absolute atomic E-state index is 11.2. The largest absolute Gasteiger partial charge is 0.493 e. The first-order valence-electron chi connectivity index (χ1n) is 7.41. The van der Waals surface area contributed by atoms with Crippen LogP contribution in [-0.2, 0) is 11.3 Å². The maximum atomic E-state index is 11.2. The molecule has 0 saturated carbocycles. The molecule has 10 heteroatoms. The minimum Gasteiger partial charge on any atom is -0.493 e. The normalized spacial score (nSPS) is 11.4. The molecule has 0 aliphatic rings. The minimum atomic E-state index is -2.59. The number of nitro groups is 1. The van der Waals surface area contributed by atoms with E-state index >= 15 is 0 Å². The Morgan fingerprint density at radius 3 is 2.46 bits per heavy atom. The number of nitro benzene ring substituents is 1. The highest BCUT2D eigenvalue weighted by atomic mass is 35.8. The van der Waals surface area contributed by atoms with Gasteiger partial charge in [-0.3, -0.25) is 10.1 Å². The van der Waals surface area contributed by atoms with E-state index in [4.69, 9.17) is 47.4 Å². The number of benzene rings is 1. The topological polar surface area (TPSA) is 70.8 Å². The molecule has 0 heterocycles. The summed E-state index contributed by atoms with van der Waals surface area (Å²) in [6, 6.07) is 0.900. The zero-order chi connectivity index (χ0) is 18.2. The van der Waals surface area contributed by atoms with Gasteiger partial charge in [0.2, 0.25) is 0 Å². The van der Waals surface area contributed by atoms with Crippen LogP contribution in [0.1, 0.15) is 25.3 Å². The Balaban J connectivity index is 2.67. The summed E-state index contributed by atoms with van der Waals surface area (Å²) in [5.41, 5.74) is 0.365. The van der Waals surface area contributed by atoms with Crippen molar-refractivity contribution >= 4 is 44.9 Å². The van der Waals surface area contributed by atoms with Crippen molar-refractivity contribution in [2.75, 3.05) is 20.3 Å². The Labute approximate surface area is 156 Å². The molecule has 0 bridgehead atoms. The number of hydrogen-bond acceptors (Lipinski definition) is 5. The van der Waals surface area contributed by atoms with E-state index in [0.717, 1.165) is 12.8 Å². The Hall–Kier alpha value is -0.733. The summed E-state index contributed by atoms with van der Waals surface area (Å²) in [5, 5.41) is 11.2. The van der Waals surface area contributed by atoms with Gasteiger partial charge in [-0.05, 0) is 25.5 Å². The van der Waals surface area contributed by atoms with Crippen LogP contribution in [0.4, 0.5) is 5.69 Å². The van der Waals surface area contributed by atoms with Crippen LogP contribution in [0, 0.1) is 10.1 Å². The molecule has 1 aromatic carbocycles. The van der Waals surface area contributed by atoms with E-state index in [1.165, 1.54) is 13.2 Å². The fourth-order valence-electron chi connectivity index (χ4n) is 2.02. The highest BCUT2D eigenvalue weighted by molar-refractivity contribution is 7.64. The number of unbranched alkanes of at least 4 members (excludes halogenated alkanes) is 1. The molecular formula is C14H20Cl3NO5Si. The van der Waals surface area contributed by atoms with Crippen LogP contribution in [0.25, 0.3) is 0 Å². The van der Waals surface area contributed by atoms with E-state index in [9.17, 15) is 10.1 Å². The van der Waals surface area contributed by atoms with E-state index in [1.54, 1.807) is 13.0 Å². The molecule has 6 nitrogen and oxygen atoms in total. The van der Waals surface area contributed by atoms with Gasteiger partial charge in [0.15, 0.2) is 11.5 Å². The summed E-state index contributed by atoms with van der Waals surface area (Å²) in [7, 11) is 1.48. The number of ether oxygens (including phenoxy) is 3. The summed E-state index contributed by atoms with van der Waals surface area (Å²) in [4.78, 5) is 10.8. The minimum absolute atomic E-state index is 0.0621. The van der Waals surface area contributed by atoms with Crippen LogP contribution in [0.2, 0.25) is 6.04 Å². The van der Waals surface area contributed by atoms with E-state index in [1.807, 2.05) is 0 Å². The Morgan fingerprint density at radius 1 is 1.21 bits per heavy atom. The molecule has 0 amide bonds. The fraction of sp³-hybridized carbons (Fsp3) is 0.571. The van der Waals surface area contributed by atoms with Gasteiger partial charge in [0, 0.05) is 6.61 Å². The molecule has 0 radical (unpaired) electrons. The molecule has 1 rings (SSSR count). The van der Waals surface area contributed by atoms with Crippen molar-refractivity contribution in [2.24, 2.45) is 0 Å². The fourth-order valence-corrected chi connectivity index (χ4v) is 3.87. The van der Waals surface area contributed by atoms with Gasteiger partial charge in [-0.15, -0.1) is 33.2 Å². The Morgan fingerprint density at radius 2 is 1.92 bits per heavy atom. The third kappa shape index (κ3) is 7.44. The Bertz CT molecular complexity index is 554. The second-order valence-electron chi connectivity index (χ2n) is 4.95. The molecule has 0 unspecified atom stereocenters. The first kappa shape index (κ1) is 21.3. The number of rotatable bonds is 11. The first-order valence-corrected chi connectivity index (χ1v) is 12.6. The van der Waals surface area contributed by atoms with Crippen LogP contribution < -0.4 is 9.47 Å². The monoisotopic (exact) mass is 415 g/mol. The number of halogens is 3. The third-order valence-corrected chi connectivity index (χ3v) is 5.74. The standard InChI is InChI=1S/C14H20Cl3NO5Si/c1-3-23-14-9-12(18(19)20)11(8-13(14)21-2)10-22-6-4-5-7-24(15,16)17/h8-9H,3-7,10H2,1-2H3. The lowest BCUT2D eigenvalue weighted by atomic mass is 10.1. The lowest BCUT2D eigenvalue weighted by Gasteiger charge is -2.12. The van der Waals surface area contributed by atoms with Gasteiger partial charge >= 0.3 is 6.00 Å². The molecule has 0 spiro atoms. The molecule has 0 N–H and O–H groups in total. The molecule has 24 heavy (non-hydrogen) atoms. The van der Waals surface area contributed by atoms with E-state index in [2.05, 4.69) is 0 Å². The molecule has 0 saturated heterocycles. The van der Waals surface area contributed by atoms with Gasteiger partial charge in [-0.25, -0.2) is 0 Å². The van der Waals surface area contributed by atoms with E-state index < -0.39 is 10.9 Å². The van der Waals surface area contributed by atoms with Gasteiger partial charge < -0.3 is 14.2 Å². The first-order chi connectivity index (χ1) is 11.3. The lowest BCUT2D eigenvalue weighted by Crippen LogP contribution is -2.08. The predicted molar refractivity (Wildman–Crippen MR) is 97.8 cm³/mol. The van der Waals surface area contributed by atoms with Gasteiger partial charge in [0.25, 0.3) is 5.69 Å². The van der Waals surface area contributed by atoms with Crippen LogP contribution in [0.5, 0.6) is 11.5 Å². The van der Waals surface area contributed by atoms with Crippen molar-refractivity contribution in [3.8, 4) is 11.5 Å². The SMILES string of the molecule is CCOc1cc([N+](=O)[O-])c(COCCCC[Si](Cl)(Cl)Cl)cc1OC. The summed E-state index contributed by atoms with van der Waals surface area (Å²) in [5.74, 6) is 0.770. The van der Waals surface area contributed by atoms with Crippen LogP contribution in [0.15, 0.2) is 12.1 Å². The van der Waals surface area contributed by atoms with Crippen molar-refractivity contribution in [1.29, 1.82) is 0 Å². The number of hydrogen-bond donors (Lipinski definition) is 0. The predicted octanol–water partition coefficient (Wildman–Crippen LogP) is 4.95. The summed E-state index contributed by atoms with van der Waals surface area (Å²) in [6.45, 7) is 2.71. The van der Waals surface area contributed by atoms with E-state index in [-0.39, 0.29) is 12.3 Å². The van der Waals surface area contributed by atoms with Crippen molar-refractivity contribution < 1.29 is 19.1 Å². The number of nitrogens with zero attached hydrogens (tertiary/aromatic N) is 1. The molecule has 0 atom stereocenters. The molecule has 0 aromatic heterocycles. The molecule has 1 aromatic rings. The van der Waals surface area contributed by atoms with E-state index in [0.29, 0.717) is 36.3 Å². The molecule has 0 aliphatic heterocycles. The lowest BCUT2D eigenvalue weighted by molar-refractivity contribution is -0.386. The average molecular weight is 417 g/mol. The van der Waals surface area contributed by atoms with Crippen molar-refractivity contribution in [1.82, 2.24) is 0 Å². The third-order valence-electron chi connectivity index (χ3n) is 3.12. The maximum Gasteiger partial charge on any atom is 0.341 e. The highest BCUT2D eigenvalue weighted by Crippen LogP contribution is 2.35. The summed E-state index contributed by atoms with van der Waals surface area (Å²) < 4.78 is 16.1. The quantitative estimate of drug-likeness (QED) is 0.168. The molecule has 0 aliphatic carbocycles. The summed E-state index contributed by atoms with van der Waals surface area (Å²) >= 11 is 17.4. The summed E-state index contributed by atoms with van der Waals surface area (Å²) in [6.07, 6.45) is 1.47. The van der Waals surface area contributed by atoms with Gasteiger partial charge in [0.1, 0.15) is 0 Å². The zero-order valence-electron chi connectivity index (χ0n) is 13.5. The highest BCUT2D eigenvalue weighted by Gasteiger charge is 2.23. The second kappa shape index (κ2) is 10.3. The average Bonchev–Trinajstić information content (AvgIpc) is 2.50. The van der Waals surface area contributed by atoms with Gasteiger partial charge in [-0.1, -0.05) is 6.42 Å². The van der Waals surface area contributed by atoms with Crippen LogP contribution >= 0.6 is 33.2 Å².